The van der Waals surface area contributed by atoms with Gasteiger partial charge in [-0.15, -0.1) is 0 Å². The molecule has 0 atom stereocenters. The molecule has 1 aromatic carbocycles. The third-order valence-electron chi connectivity index (χ3n) is 2.42. The van der Waals surface area contributed by atoms with Crippen LogP contribution in [0.2, 0.25) is 5.02 Å². The van der Waals surface area contributed by atoms with Crippen LogP contribution in [0.25, 0.3) is 0 Å². The third kappa shape index (κ3) is 3.23. The minimum atomic E-state index is -0.602. The lowest BCUT2D eigenvalue weighted by Crippen LogP contribution is -2.14. The van der Waals surface area contributed by atoms with Crippen molar-refractivity contribution in [1.29, 1.82) is 0 Å². The zero-order chi connectivity index (χ0) is 14.7. The second-order valence-electron chi connectivity index (χ2n) is 3.73. The Bertz CT molecular complexity index is 693. The average molecular weight is 404 g/mol. The number of nitrogens with zero attached hydrogens (tertiary/aromatic N) is 2. The zero-order valence-corrected chi connectivity index (χ0v) is 12.8. The summed E-state index contributed by atoms with van der Waals surface area (Å²) in [5, 5.41) is 13.9. The van der Waals surface area contributed by atoms with E-state index in [2.05, 4.69) is 10.3 Å². The van der Waals surface area contributed by atoms with E-state index in [0.717, 1.165) is 6.20 Å². The minimum absolute atomic E-state index is 0.0979. The molecular formula is C12H7ClIN3O3. The fourth-order valence-corrected chi connectivity index (χ4v) is 2.62. The van der Waals surface area contributed by atoms with Gasteiger partial charge < -0.3 is 5.32 Å². The number of pyridine rings is 1. The first-order valence-corrected chi connectivity index (χ1v) is 6.79. The Morgan fingerprint density at radius 2 is 2.15 bits per heavy atom. The summed E-state index contributed by atoms with van der Waals surface area (Å²) in [6.45, 7) is 0. The summed E-state index contributed by atoms with van der Waals surface area (Å²) < 4.78 is 0.657. The molecule has 0 bridgehead atoms. The molecule has 0 unspecified atom stereocenters. The Hall–Kier alpha value is -1.74. The number of benzene rings is 1. The van der Waals surface area contributed by atoms with E-state index in [1.54, 1.807) is 18.2 Å². The standard InChI is InChI=1S/C12H7ClIN3O3/c13-7-1-2-8(9(14)5-7)12(18)16-10-3-4-15-6-11(10)17(19)20/h1-6H,(H,15,16,18). The van der Waals surface area contributed by atoms with Gasteiger partial charge in [-0.1, -0.05) is 11.6 Å². The molecule has 8 heteroatoms. The summed E-state index contributed by atoms with van der Waals surface area (Å²) in [7, 11) is 0. The number of rotatable bonds is 3. The Labute approximate surface area is 132 Å². The molecular weight excluding hydrogens is 397 g/mol. The van der Waals surface area contributed by atoms with Gasteiger partial charge in [-0.05, 0) is 46.9 Å². The molecule has 2 rings (SSSR count). The number of nitro groups is 1. The molecule has 1 aromatic heterocycles. The highest BCUT2D eigenvalue weighted by atomic mass is 127. The van der Waals surface area contributed by atoms with Crippen LogP contribution in [0.3, 0.4) is 0 Å². The third-order valence-corrected chi connectivity index (χ3v) is 3.55. The van der Waals surface area contributed by atoms with Gasteiger partial charge in [0, 0.05) is 14.8 Å². The molecule has 0 aliphatic heterocycles. The highest BCUT2D eigenvalue weighted by molar-refractivity contribution is 14.1. The number of halogens is 2. The molecule has 1 heterocycles. The van der Waals surface area contributed by atoms with Gasteiger partial charge in [-0.25, -0.2) is 0 Å². The summed E-state index contributed by atoms with van der Waals surface area (Å²) >= 11 is 7.79. The molecule has 0 saturated heterocycles. The molecule has 0 aliphatic rings. The molecule has 0 aliphatic carbocycles. The van der Waals surface area contributed by atoms with Gasteiger partial charge >= 0.3 is 5.69 Å². The van der Waals surface area contributed by atoms with E-state index in [9.17, 15) is 14.9 Å². The number of amides is 1. The Morgan fingerprint density at radius 1 is 1.40 bits per heavy atom. The molecule has 20 heavy (non-hydrogen) atoms. The molecule has 0 fully saturated rings. The SMILES string of the molecule is O=C(Nc1ccncc1[N+](=O)[O-])c1ccc(Cl)cc1I. The number of hydrogen-bond donors (Lipinski definition) is 1. The van der Waals surface area contributed by atoms with E-state index < -0.39 is 10.8 Å². The van der Waals surface area contributed by atoms with Crippen LogP contribution < -0.4 is 5.32 Å². The lowest BCUT2D eigenvalue weighted by molar-refractivity contribution is -0.384. The van der Waals surface area contributed by atoms with Gasteiger partial charge in [0.05, 0.1) is 10.5 Å². The van der Waals surface area contributed by atoms with Crippen LogP contribution >= 0.6 is 34.2 Å². The molecule has 2 aromatic rings. The largest absolute Gasteiger partial charge is 0.316 e. The van der Waals surface area contributed by atoms with Crippen molar-refractivity contribution >= 4 is 51.5 Å². The topological polar surface area (TPSA) is 85.1 Å². The summed E-state index contributed by atoms with van der Waals surface area (Å²) in [4.78, 5) is 26.0. The fraction of sp³-hybridized carbons (Fsp3) is 0. The smallest absolute Gasteiger partial charge is 0.310 e. The first-order chi connectivity index (χ1) is 9.49. The number of carbonyl (C=O) groups is 1. The summed E-state index contributed by atoms with van der Waals surface area (Å²) in [6.07, 6.45) is 2.46. The van der Waals surface area contributed by atoms with E-state index in [-0.39, 0.29) is 11.4 Å². The molecule has 1 N–H and O–H groups in total. The highest BCUT2D eigenvalue weighted by Gasteiger charge is 2.17. The van der Waals surface area contributed by atoms with Crippen LogP contribution in [0.4, 0.5) is 11.4 Å². The Morgan fingerprint density at radius 3 is 2.80 bits per heavy atom. The van der Waals surface area contributed by atoms with Gasteiger partial charge in [0.2, 0.25) is 0 Å². The molecule has 6 nitrogen and oxygen atoms in total. The van der Waals surface area contributed by atoms with Crippen molar-refractivity contribution in [1.82, 2.24) is 4.98 Å². The van der Waals surface area contributed by atoms with Crippen molar-refractivity contribution in [2.75, 3.05) is 5.32 Å². The first-order valence-electron chi connectivity index (χ1n) is 5.34. The van der Waals surface area contributed by atoms with Crippen LogP contribution in [0.1, 0.15) is 10.4 Å². The van der Waals surface area contributed by atoms with E-state index in [1.165, 1.54) is 12.3 Å². The average Bonchev–Trinajstić information content (AvgIpc) is 2.38. The van der Waals surface area contributed by atoms with Crippen LogP contribution in [-0.4, -0.2) is 15.8 Å². The number of hydrogen-bond acceptors (Lipinski definition) is 4. The van der Waals surface area contributed by atoms with Gasteiger partial charge in [0.25, 0.3) is 5.91 Å². The summed E-state index contributed by atoms with van der Waals surface area (Å²) in [6, 6.07) is 6.16. The molecule has 0 radical (unpaired) electrons. The monoisotopic (exact) mass is 403 g/mol. The highest BCUT2D eigenvalue weighted by Crippen LogP contribution is 2.24. The number of anilines is 1. The lowest BCUT2D eigenvalue weighted by atomic mass is 10.2. The molecule has 0 saturated carbocycles. The minimum Gasteiger partial charge on any atom is -0.316 e. The number of nitrogens with one attached hydrogen (secondary N) is 1. The van der Waals surface area contributed by atoms with Crippen molar-refractivity contribution in [3.05, 3.63) is 60.9 Å². The van der Waals surface area contributed by atoms with E-state index in [4.69, 9.17) is 11.6 Å². The quantitative estimate of drug-likeness (QED) is 0.483. The number of aromatic nitrogens is 1. The maximum absolute atomic E-state index is 12.1. The van der Waals surface area contributed by atoms with Gasteiger partial charge in [0.1, 0.15) is 11.9 Å². The second-order valence-corrected chi connectivity index (χ2v) is 5.33. The van der Waals surface area contributed by atoms with Crippen LogP contribution in [0, 0.1) is 13.7 Å². The van der Waals surface area contributed by atoms with E-state index >= 15 is 0 Å². The summed E-state index contributed by atoms with van der Waals surface area (Å²) in [5.41, 5.74) is 0.228. The molecule has 0 spiro atoms. The first kappa shape index (κ1) is 14.7. The maximum atomic E-state index is 12.1. The van der Waals surface area contributed by atoms with Gasteiger partial charge in [0.15, 0.2) is 0 Å². The maximum Gasteiger partial charge on any atom is 0.310 e. The van der Waals surface area contributed by atoms with E-state index in [1.807, 2.05) is 22.6 Å². The molecule has 1 amide bonds. The van der Waals surface area contributed by atoms with Crippen molar-refractivity contribution in [3.63, 3.8) is 0 Å². The molecule has 102 valence electrons. The van der Waals surface area contributed by atoms with Crippen LogP contribution in [0.15, 0.2) is 36.7 Å². The van der Waals surface area contributed by atoms with E-state index in [0.29, 0.717) is 14.2 Å². The van der Waals surface area contributed by atoms with Crippen molar-refractivity contribution < 1.29 is 9.72 Å². The van der Waals surface area contributed by atoms with Crippen LogP contribution in [-0.2, 0) is 0 Å². The van der Waals surface area contributed by atoms with Crippen LogP contribution in [0.5, 0.6) is 0 Å². The fourth-order valence-electron chi connectivity index (χ4n) is 1.50. The normalized spacial score (nSPS) is 10.1. The van der Waals surface area contributed by atoms with Crippen molar-refractivity contribution in [3.8, 4) is 0 Å². The van der Waals surface area contributed by atoms with Crippen molar-refractivity contribution in [2.24, 2.45) is 0 Å². The lowest BCUT2D eigenvalue weighted by Gasteiger charge is -2.07. The van der Waals surface area contributed by atoms with Gasteiger partial charge in [-0.3, -0.25) is 19.9 Å². The number of carbonyl (C=O) groups excluding carboxylic acids is 1. The summed E-state index contributed by atoms with van der Waals surface area (Å²) in [5.74, 6) is -0.444. The van der Waals surface area contributed by atoms with Crippen molar-refractivity contribution in [2.45, 2.75) is 0 Å². The van der Waals surface area contributed by atoms with Gasteiger partial charge in [-0.2, -0.15) is 0 Å². The zero-order valence-electron chi connectivity index (χ0n) is 9.84. The Balaban J connectivity index is 2.30. The Kier molecular flexibility index (Phi) is 4.50. The second kappa shape index (κ2) is 6.14. The predicted molar refractivity (Wildman–Crippen MR) is 83.0 cm³/mol. The predicted octanol–water partition coefficient (Wildman–Crippen LogP) is 3.50.